The molecule has 0 bridgehead atoms. The van der Waals surface area contributed by atoms with Crippen LogP contribution in [0.25, 0.3) is 22.2 Å². The Morgan fingerprint density at radius 1 is 1.10 bits per heavy atom. The monoisotopic (exact) mass is 408 g/mol. The van der Waals surface area contributed by atoms with E-state index in [0.29, 0.717) is 40.7 Å². The van der Waals surface area contributed by atoms with Gasteiger partial charge in [-0.1, -0.05) is 49.7 Å². The molecule has 0 radical (unpaired) electrons. The third kappa shape index (κ3) is 3.76. The number of hydrogen-bond donors (Lipinski definition) is 1. The van der Waals surface area contributed by atoms with Gasteiger partial charge in [-0.2, -0.15) is 0 Å². The fourth-order valence-corrected chi connectivity index (χ4v) is 3.29. The number of para-hydroxylation sites is 2. The smallest absolute Gasteiger partial charge is 0.344 e. The van der Waals surface area contributed by atoms with Crippen molar-refractivity contribution in [2.75, 3.05) is 12.3 Å². The number of esters is 1. The number of hydrogen-bond acceptors (Lipinski definition) is 5. The number of carbonyl (C=O) groups excluding carboxylic acids is 1. The van der Waals surface area contributed by atoms with Gasteiger partial charge in [0.15, 0.2) is 5.65 Å². The van der Waals surface area contributed by atoms with E-state index in [9.17, 15) is 4.79 Å². The first-order valence-electron chi connectivity index (χ1n) is 9.40. The summed E-state index contributed by atoms with van der Waals surface area (Å²) in [4.78, 5) is 22.2. The van der Waals surface area contributed by atoms with Gasteiger partial charge in [0.2, 0.25) is 0 Å². The largest absolute Gasteiger partial charge is 0.462 e. The minimum Gasteiger partial charge on any atom is -0.462 e. The summed E-state index contributed by atoms with van der Waals surface area (Å²) in [5.74, 6) is 0.0224. The first-order valence-corrected chi connectivity index (χ1v) is 9.78. The summed E-state index contributed by atoms with van der Waals surface area (Å²) in [6.07, 6.45) is 0. The van der Waals surface area contributed by atoms with Gasteiger partial charge in [0, 0.05) is 5.02 Å². The van der Waals surface area contributed by atoms with Crippen molar-refractivity contribution in [2.24, 2.45) is 5.92 Å². The van der Waals surface area contributed by atoms with Gasteiger partial charge in [0.05, 0.1) is 24.2 Å². The molecule has 6 nitrogen and oxygen atoms in total. The van der Waals surface area contributed by atoms with Gasteiger partial charge in [-0.3, -0.25) is 0 Å². The van der Waals surface area contributed by atoms with Crippen LogP contribution in [0.5, 0.6) is 0 Å². The predicted octanol–water partition coefficient (Wildman–Crippen LogP) is 4.68. The zero-order valence-corrected chi connectivity index (χ0v) is 17.0. The fourth-order valence-electron chi connectivity index (χ4n) is 3.17. The molecule has 0 saturated heterocycles. The Morgan fingerprint density at radius 2 is 1.76 bits per heavy atom. The molecule has 0 atom stereocenters. The second kappa shape index (κ2) is 7.72. The minimum absolute atomic E-state index is 0.217. The molecule has 0 aliphatic heterocycles. The number of nitrogens with zero attached hydrogens (tertiary/aromatic N) is 3. The van der Waals surface area contributed by atoms with Crippen molar-refractivity contribution in [3.05, 3.63) is 64.7 Å². The minimum atomic E-state index is -0.486. The van der Waals surface area contributed by atoms with Crippen LogP contribution in [0.3, 0.4) is 0 Å². The highest BCUT2D eigenvalue weighted by molar-refractivity contribution is 6.30. The Labute approximate surface area is 173 Å². The summed E-state index contributed by atoms with van der Waals surface area (Å²) < 4.78 is 7.25. The maximum absolute atomic E-state index is 12.8. The number of ether oxygens (including phenoxy) is 1. The van der Waals surface area contributed by atoms with E-state index in [1.807, 2.05) is 62.4 Å². The van der Waals surface area contributed by atoms with Crippen LogP contribution in [0.4, 0.5) is 5.82 Å². The van der Waals surface area contributed by atoms with Crippen LogP contribution < -0.4 is 5.73 Å². The van der Waals surface area contributed by atoms with E-state index in [0.717, 1.165) is 11.1 Å². The predicted molar refractivity (Wildman–Crippen MR) is 115 cm³/mol. The number of benzene rings is 2. The Bertz CT molecular complexity index is 1200. The molecule has 7 heteroatoms. The molecule has 2 heterocycles. The van der Waals surface area contributed by atoms with Crippen LogP contribution in [-0.2, 0) is 11.3 Å². The van der Waals surface area contributed by atoms with E-state index in [1.165, 1.54) is 0 Å². The van der Waals surface area contributed by atoms with Gasteiger partial charge >= 0.3 is 5.97 Å². The summed E-state index contributed by atoms with van der Waals surface area (Å²) in [7, 11) is 0. The SMILES string of the molecule is CC(C)COC(=O)c1c(N)n(Cc2ccc(Cl)cc2)c2nc3ccccc3nc12. The van der Waals surface area contributed by atoms with Crippen molar-refractivity contribution in [3.8, 4) is 0 Å². The second-order valence-electron chi connectivity index (χ2n) is 7.35. The van der Waals surface area contributed by atoms with Crippen LogP contribution in [0.15, 0.2) is 48.5 Å². The molecular weight excluding hydrogens is 388 g/mol. The lowest BCUT2D eigenvalue weighted by Crippen LogP contribution is -2.13. The molecule has 0 saturated carbocycles. The van der Waals surface area contributed by atoms with Crippen molar-refractivity contribution < 1.29 is 9.53 Å². The standard InChI is InChI=1S/C22H21ClN4O2/c1-13(2)12-29-22(28)18-19-21(26-17-6-4-3-5-16(17)25-19)27(20(18)24)11-14-7-9-15(23)10-8-14/h3-10,13H,11-12,24H2,1-2H3. The first-order chi connectivity index (χ1) is 13.9. The highest BCUT2D eigenvalue weighted by atomic mass is 35.5. The van der Waals surface area contributed by atoms with Crippen LogP contribution in [0.2, 0.25) is 5.02 Å². The fraction of sp³-hybridized carbons (Fsp3) is 0.227. The summed E-state index contributed by atoms with van der Waals surface area (Å²) in [6, 6.07) is 15.0. The number of fused-ring (bicyclic) bond motifs is 2. The van der Waals surface area contributed by atoms with Crippen molar-refractivity contribution >= 4 is 45.6 Å². The maximum atomic E-state index is 12.8. The normalized spacial score (nSPS) is 11.4. The van der Waals surface area contributed by atoms with Crippen LogP contribution in [-0.4, -0.2) is 27.1 Å². The average Bonchev–Trinajstić information content (AvgIpc) is 2.97. The number of carbonyl (C=O) groups is 1. The average molecular weight is 409 g/mol. The van der Waals surface area contributed by atoms with Gasteiger partial charge in [-0.25, -0.2) is 14.8 Å². The van der Waals surface area contributed by atoms with E-state index in [-0.39, 0.29) is 11.5 Å². The molecule has 148 valence electrons. The lowest BCUT2D eigenvalue weighted by molar-refractivity contribution is 0.0462. The van der Waals surface area contributed by atoms with Gasteiger partial charge < -0.3 is 15.0 Å². The van der Waals surface area contributed by atoms with E-state index in [2.05, 4.69) is 4.98 Å². The molecule has 0 aliphatic carbocycles. The molecule has 4 aromatic rings. The van der Waals surface area contributed by atoms with Crippen molar-refractivity contribution in [1.82, 2.24) is 14.5 Å². The van der Waals surface area contributed by atoms with Crippen LogP contribution in [0, 0.1) is 5.92 Å². The Balaban J connectivity index is 1.89. The Kier molecular flexibility index (Phi) is 5.11. The number of nitrogen functional groups attached to an aromatic ring is 1. The van der Waals surface area contributed by atoms with E-state index in [4.69, 9.17) is 27.1 Å². The number of halogens is 1. The first kappa shape index (κ1) is 19.2. The van der Waals surface area contributed by atoms with E-state index < -0.39 is 5.97 Å². The van der Waals surface area contributed by atoms with Crippen molar-refractivity contribution in [2.45, 2.75) is 20.4 Å². The van der Waals surface area contributed by atoms with Crippen molar-refractivity contribution in [1.29, 1.82) is 0 Å². The summed E-state index contributed by atoms with van der Waals surface area (Å²) >= 11 is 6.00. The third-order valence-corrected chi connectivity index (χ3v) is 4.85. The molecule has 0 unspecified atom stereocenters. The quantitative estimate of drug-likeness (QED) is 0.485. The number of nitrogens with two attached hydrogens (primary N) is 1. The Hall–Kier alpha value is -3.12. The van der Waals surface area contributed by atoms with Gasteiger partial charge in [0.25, 0.3) is 0 Å². The zero-order chi connectivity index (χ0) is 20.5. The summed E-state index contributed by atoms with van der Waals surface area (Å²) in [6.45, 7) is 4.70. The molecule has 2 aromatic carbocycles. The van der Waals surface area contributed by atoms with Crippen molar-refractivity contribution in [3.63, 3.8) is 0 Å². The second-order valence-corrected chi connectivity index (χ2v) is 7.79. The highest BCUT2D eigenvalue weighted by Crippen LogP contribution is 2.29. The maximum Gasteiger partial charge on any atom is 0.344 e. The van der Waals surface area contributed by atoms with Gasteiger partial charge in [-0.05, 0) is 35.7 Å². The molecule has 4 rings (SSSR count). The zero-order valence-electron chi connectivity index (χ0n) is 16.2. The Morgan fingerprint density at radius 3 is 2.41 bits per heavy atom. The lowest BCUT2D eigenvalue weighted by atomic mass is 10.2. The summed E-state index contributed by atoms with van der Waals surface area (Å²) in [5.41, 5.74) is 10.1. The highest BCUT2D eigenvalue weighted by Gasteiger charge is 2.25. The summed E-state index contributed by atoms with van der Waals surface area (Å²) in [5, 5.41) is 0.655. The molecule has 0 amide bonds. The molecular formula is C22H21ClN4O2. The molecule has 2 aromatic heterocycles. The molecule has 0 fully saturated rings. The third-order valence-electron chi connectivity index (χ3n) is 4.60. The van der Waals surface area contributed by atoms with Gasteiger partial charge in [-0.15, -0.1) is 0 Å². The van der Waals surface area contributed by atoms with Gasteiger partial charge in [0.1, 0.15) is 16.9 Å². The van der Waals surface area contributed by atoms with E-state index in [1.54, 1.807) is 4.57 Å². The molecule has 0 aliphatic rings. The molecule has 2 N–H and O–H groups in total. The molecule has 29 heavy (non-hydrogen) atoms. The number of aromatic nitrogens is 3. The van der Waals surface area contributed by atoms with Crippen LogP contribution >= 0.6 is 11.6 Å². The number of anilines is 1. The van der Waals surface area contributed by atoms with E-state index >= 15 is 0 Å². The number of rotatable bonds is 5. The van der Waals surface area contributed by atoms with Crippen LogP contribution in [0.1, 0.15) is 29.8 Å². The lowest BCUT2D eigenvalue weighted by Gasteiger charge is -2.09. The topological polar surface area (TPSA) is 83.0 Å². The molecule has 0 spiro atoms.